The van der Waals surface area contributed by atoms with E-state index in [1.165, 1.54) is 20.3 Å². The fourth-order valence-electron chi connectivity index (χ4n) is 4.20. The smallest absolute Gasteiger partial charge is 0.350 e. The van der Waals surface area contributed by atoms with E-state index in [0.29, 0.717) is 22.9 Å². The average molecular weight is 474 g/mol. The lowest BCUT2D eigenvalue weighted by atomic mass is 10.2. The van der Waals surface area contributed by atoms with Gasteiger partial charge in [0, 0.05) is 49.9 Å². The standard InChI is InChI=1S/C25H27N7O3/c1-18-3-7-20(8-4-18)29-13-15-30(16-14-29)23-24-28-32(25(34)31(24)12-11-26-23)17-22(33)27-19-5-9-21(35-2)10-6-19/h3-12H,13-17H2,1-2H3,(H,27,33). The quantitative estimate of drug-likeness (QED) is 0.458. The Morgan fingerprint density at radius 3 is 2.37 bits per heavy atom. The number of hydrogen-bond donors (Lipinski definition) is 1. The van der Waals surface area contributed by atoms with Gasteiger partial charge in [-0.15, -0.1) is 5.10 Å². The minimum Gasteiger partial charge on any atom is -0.497 e. The number of piperazine rings is 1. The molecule has 0 bridgehead atoms. The summed E-state index contributed by atoms with van der Waals surface area (Å²) in [5.74, 6) is 0.990. The van der Waals surface area contributed by atoms with Gasteiger partial charge in [-0.1, -0.05) is 17.7 Å². The van der Waals surface area contributed by atoms with Gasteiger partial charge >= 0.3 is 5.69 Å². The zero-order valence-electron chi connectivity index (χ0n) is 19.7. The van der Waals surface area contributed by atoms with Gasteiger partial charge in [0.1, 0.15) is 12.3 Å². The molecular weight excluding hydrogens is 446 g/mol. The molecule has 3 heterocycles. The molecule has 1 saturated heterocycles. The van der Waals surface area contributed by atoms with E-state index in [4.69, 9.17) is 4.74 Å². The van der Waals surface area contributed by atoms with E-state index in [-0.39, 0.29) is 18.1 Å². The van der Waals surface area contributed by atoms with Gasteiger partial charge in [0.15, 0.2) is 5.82 Å². The predicted molar refractivity (Wildman–Crippen MR) is 134 cm³/mol. The fourth-order valence-corrected chi connectivity index (χ4v) is 4.20. The molecule has 10 heteroatoms. The molecular formula is C25H27N7O3. The van der Waals surface area contributed by atoms with Crippen molar-refractivity contribution in [2.45, 2.75) is 13.5 Å². The van der Waals surface area contributed by atoms with Crippen molar-refractivity contribution in [2.24, 2.45) is 0 Å². The van der Waals surface area contributed by atoms with Crippen LogP contribution in [0.15, 0.2) is 65.7 Å². The second-order valence-corrected chi connectivity index (χ2v) is 8.47. The van der Waals surface area contributed by atoms with E-state index in [2.05, 4.69) is 56.4 Å². The van der Waals surface area contributed by atoms with Crippen molar-refractivity contribution in [2.75, 3.05) is 48.4 Å². The molecule has 2 aromatic heterocycles. The van der Waals surface area contributed by atoms with Gasteiger partial charge in [-0.05, 0) is 43.3 Å². The number of aryl methyl sites for hydroxylation is 1. The molecule has 0 spiro atoms. The second-order valence-electron chi connectivity index (χ2n) is 8.47. The van der Waals surface area contributed by atoms with Crippen molar-refractivity contribution >= 4 is 28.7 Å². The second kappa shape index (κ2) is 9.49. The Morgan fingerprint density at radius 2 is 1.69 bits per heavy atom. The molecule has 1 aliphatic rings. The molecule has 1 fully saturated rings. The van der Waals surface area contributed by atoms with E-state index >= 15 is 0 Å². The normalized spacial score (nSPS) is 13.8. The van der Waals surface area contributed by atoms with Gasteiger partial charge < -0.3 is 19.9 Å². The summed E-state index contributed by atoms with van der Waals surface area (Å²) in [5, 5.41) is 7.23. The molecule has 0 unspecified atom stereocenters. The number of benzene rings is 2. The van der Waals surface area contributed by atoms with Crippen LogP contribution in [0.2, 0.25) is 0 Å². The van der Waals surface area contributed by atoms with Gasteiger partial charge in [0.05, 0.1) is 7.11 Å². The number of nitrogens with one attached hydrogen (secondary N) is 1. The zero-order valence-corrected chi connectivity index (χ0v) is 19.7. The first-order valence-corrected chi connectivity index (χ1v) is 11.5. The van der Waals surface area contributed by atoms with Gasteiger partial charge in [-0.25, -0.2) is 18.9 Å². The van der Waals surface area contributed by atoms with Gasteiger partial charge in [0.2, 0.25) is 11.6 Å². The molecule has 180 valence electrons. The van der Waals surface area contributed by atoms with Crippen molar-refractivity contribution in [3.8, 4) is 5.75 Å². The largest absolute Gasteiger partial charge is 0.497 e. The molecule has 2 aromatic carbocycles. The molecule has 1 aliphatic heterocycles. The van der Waals surface area contributed by atoms with Crippen LogP contribution in [0.3, 0.4) is 0 Å². The number of rotatable bonds is 6. The third kappa shape index (κ3) is 4.68. The summed E-state index contributed by atoms with van der Waals surface area (Å²) in [6.07, 6.45) is 3.17. The lowest BCUT2D eigenvalue weighted by Gasteiger charge is -2.36. The first-order valence-electron chi connectivity index (χ1n) is 11.5. The number of methoxy groups -OCH3 is 1. The molecule has 0 saturated carbocycles. The van der Waals surface area contributed by atoms with Crippen LogP contribution in [0, 0.1) is 6.92 Å². The van der Waals surface area contributed by atoms with Crippen LogP contribution in [0.1, 0.15) is 5.56 Å². The van der Waals surface area contributed by atoms with Crippen LogP contribution < -0.4 is 25.5 Å². The Labute approximate surface area is 202 Å². The number of carbonyl (C=O) groups excluding carboxylic acids is 1. The predicted octanol–water partition coefficient (Wildman–Crippen LogP) is 2.17. The van der Waals surface area contributed by atoms with E-state index in [1.54, 1.807) is 43.8 Å². The number of fused-ring (bicyclic) bond motifs is 1. The number of amides is 1. The van der Waals surface area contributed by atoms with Crippen LogP contribution in [0.5, 0.6) is 5.75 Å². The van der Waals surface area contributed by atoms with E-state index < -0.39 is 0 Å². The average Bonchev–Trinajstić information content (AvgIpc) is 3.20. The Bertz CT molecular complexity index is 1390. The number of hydrogen-bond acceptors (Lipinski definition) is 7. The first-order chi connectivity index (χ1) is 17.0. The molecule has 10 nitrogen and oxygen atoms in total. The third-order valence-corrected chi connectivity index (χ3v) is 6.13. The van der Waals surface area contributed by atoms with Crippen molar-refractivity contribution in [1.82, 2.24) is 19.2 Å². The van der Waals surface area contributed by atoms with Crippen molar-refractivity contribution < 1.29 is 9.53 Å². The minimum absolute atomic E-state index is 0.201. The summed E-state index contributed by atoms with van der Waals surface area (Å²) in [6, 6.07) is 15.5. The highest BCUT2D eigenvalue weighted by molar-refractivity contribution is 5.90. The number of nitrogens with zero attached hydrogens (tertiary/aromatic N) is 6. The van der Waals surface area contributed by atoms with Gasteiger partial charge in [0.25, 0.3) is 0 Å². The van der Waals surface area contributed by atoms with Crippen LogP contribution in [0.25, 0.3) is 5.65 Å². The number of carbonyl (C=O) groups is 1. The van der Waals surface area contributed by atoms with E-state index in [0.717, 1.165) is 26.2 Å². The highest BCUT2D eigenvalue weighted by Gasteiger charge is 2.23. The van der Waals surface area contributed by atoms with Crippen molar-refractivity contribution in [1.29, 1.82) is 0 Å². The Morgan fingerprint density at radius 1 is 1.00 bits per heavy atom. The maximum atomic E-state index is 12.9. The van der Waals surface area contributed by atoms with Crippen molar-refractivity contribution in [3.05, 3.63) is 77.0 Å². The molecule has 0 atom stereocenters. The summed E-state index contributed by atoms with van der Waals surface area (Å²) in [4.78, 5) is 34.5. The maximum absolute atomic E-state index is 12.9. The summed E-state index contributed by atoms with van der Waals surface area (Å²) in [7, 11) is 1.58. The number of aromatic nitrogens is 4. The first kappa shape index (κ1) is 22.5. The Hall–Kier alpha value is -4.34. The highest BCUT2D eigenvalue weighted by atomic mass is 16.5. The lowest BCUT2D eigenvalue weighted by Crippen LogP contribution is -2.47. The summed E-state index contributed by atoms with van der Waals surface area (Å²) in [6.45, 7) is 5.05. The lowest BCUT2D eigenvalue weighted by molar-refractivity contribution is -0.117. The Balaban J connectivity index is 1.30. The van der Waals surface area contributed by atoms with E-state index in [9.17, 15) is 9.59 Å². The molecule has 4 aromatic rings. The Kier molecular flexibility index (Phi) is 6.09. The van der Waals surface area contributed by atoms with Gasteiger partial charge in [-0.3, -0.25) is 4.79 Å². The third-order valence-electron chi connectivity index (χ3n) is 6.13. The molecule has 1 N–H and O–H groups in total. The molecule has 5 rings (SSSR count). The zero-order chi connectivity index (χ0) is 24.4. The fraction of sp³-hybridized carbons (Fsp3) is 0.280. The van der Waals surface area contributed by atoms with Gasteiger partial charge in [-0.2, -0.15) is 0 Å². The summed E-state index contributed by atoms with van der Waals surface area (Å²) >= 11 is 0. The molecule has 35 heavy (non-hydrogen) atoms. The number of ether oxygens (including phenoxy) is 1. The summed E-state index contributed by atoms with van der Waals surface area (Å²) < 4.78 is 7.74. The maximum Gasteiger partial charge on any atom is 0.350 e. The van der Waals surface area contributed by atoms with Crippen LogP contribution in [-0.4, -0.2) is 58.4 Å². The van der Waals surface area contributed by atoms with Crippen LogP contribution in [0.4, 0.5) is 17.2 Å². The van der Waals surface area contributed by atoms with E-state index in [1.807, 2.05) is 0 Å². The molecule has 0 radical (unpaired) electrons. The SMILES string of the molecule is COc1ccc(NC(=O)Cn2nc3c(N4CCN(c5ccc(C)cc5)CC4)nccn3c2=O)cc1. The molecule has 1 amide bonds. The van der Waals surface area contributed by atoms with Crippen molar-refractivity contribution in [3.63, 3.8) is 0 Å². The van der Waals surface area contributed by atoms with Crippen LogP contribution >= 0.6 is 0 Å². The topological polar surface area (TPSA) is 97.0 Å². The minimum atomic E-state index is -0.383. The summed E-state index contributed by atoms with van der Waals surface area (Å²) in [5.41, 5.74) is 3.11. The highest BCUT2D eigenvalue weighted by Crippen LogP contribution is 2.22. The monoisotopic (exact) mass is 473 g/mol. The van der Waals surface area contributed by atoms with Crippen LogP contribution in [-0.2, 0) is 11.3 Å². The number of anilines is 3. The molecule has 0 aliphatic carbocycles.